The Bertz CT molecular complexity index is 916. The third-order valence-electron chi connectivity index (χ3n) is 4.80. The molecule has 0 aromatic carbocycles. The molecule has 8 heteroatoms. The van der Waals surface area contributed by atoms with Crippen molar-refractivity contribution in [2.75, 3.05) is 13.7 Å². The third-order valence-corrected chi connectivity index (χ3v) is 4.80. The van der Waals surface area contributed by atoms with Gasteiger partial charge in [-0.15, -0.1) is 0 Å². The van der Waals surface area contributed by atoms with Crippen molar-refractivity contribution < 1.29 is 9.53 Å². The average molecular weight is 366 g/mol. The van der Waals surface area contributed by atoms with Crippen LogP contribution in [-0.4, -0.2) is 49.2 Å². The molecule has 0 radical (unpaired) electrons. The zero-order valence-corrected chi connectivity index (χ0v) is 15.4. The van der Waals surface area contributed by atoms with Crippen molar-refractivity contribution in [3.63, 3.8) is 0 Å². The van der Waals surface area contributed by atoms with E-state index in [9.17, 15) is 4.79 Å². The monoisotopic (exact) mass is 366 g/mol. The van der Waals surface area contributed by atoms with E-state index in [1.54, 1.807) is 24.2 Å². The predicted molar refractivity (Wildman–Crippen MR) is 98.9 cm³/mol. The molecular formula is C19H22N6O2. The molecule has 1 aliphatic rings. The normalized spacial score (nSPS) is 14.7. The summed E-state index contributed by atoms with van der Waals surface area (Å²) in [5.41, 5.74) is 2.91. The van der Waals surface area contributed by atoms with Gasteiger partial charge in [0.25, 0.3) is 0 Å². The van der Waals surface area contributed by atoms with Gasteiger partial charge < -0.3 is 14.6 Å². The highest BCUT2D eigenvalue weighted by Gasteiger charge is 2.27. The van der Waals surface area contributed by atoms with Crippen LogP contribution in [0.1, 0.15) is 18.3 Å². The minimum Gasteiger partial charge on any atom is -0.481 e. The first-order valence-corrected chi connectivity index (χ1v) is 8.98. The lowest BCUT2D eigenvalue weighted by Gasteiger charge is -2.28. The lowest BCUT2D eigenvalue weighted by atomic mass is 10.1. The van der Waals surface area contributed by atoms with E-state index >= 15 is 0 Å². The summed E-state index contributed by atoms with van der Waals surface area (Å²) in [6.07, 6.45) is 6.08. The molecule has 4 heterocycles. The second-order valence-electron chi connectivity index (χ2n) is 6.74. The SMILES string of the molecule is COc1ccc(-c2nc3c([nH]2)CN(C(=O)C(C)Cn2cccn2)CC3)cn1. The van der Waals surface area contributed by atoms with Crippen LogP contribution in [-0.2, 0) is 24.3 Å². The van der Waals surface area contributed by atoms with Crippen LogP contribution in [0.25, 0.3) is 11.4 Å². The molecule has 140 valence electrons. The summed E-state index contributed by atoms with van der Waals surface area (Å²) < 4.78 is 6.89. The zero-order chi connectivity index (χ0) is 18.8. The van der Waals surface area contributed by atoms with Crippen LogP contribution in [0.4, 0.5) is 0 Å². The number of amides is 1. The van der Waals surface area contributed by atoms with Gasteiger partial charge in [0, 0.05) is 43.2 Å². The van der Waals surface area contributed by atoms with Crippen molar-refractivity contribution in [3.8, 4) is 17.3 Å². The molecule has 1 amide bonds. The molecule has 3 aromatic rings. The number of ether oxygens (including phenoxy) is 1. The molecule has 1 aliphatic heterocycles. The Morgan fingerprint density at radius 3 is 3.00 bits per heavy atom. The van der Waals surface area contributed by atoms with Crippen molar-refractivity contribution in [2.45, 2.75) is 26.4 Å². The molecule has 0 saturated heterocycles. The number of hydrogen-bond acceptors (Lipinski definition) is 5. The molecule has 0 fully saturated rings. The minimum absolute atomic E-state index is 0.125. The van der Waals surface area contributed by atoms with Crippen LogP contribution in [0.2, 0.25) is 0 Å². The van der Waals surface area contributed by atoms with E-state index in [4.69, 9.17) is 4.74 Å². The van der Waals surface area contributed by atoms with E-state index in [1.807, 2.05) is 36.2 Å². The Kier molecular flexibility index (Phi) is 4.62. The molecule has 0 saturated carbocycles. The fourth-order valence-corrected chi connectivity index (χ4v) is 3.34. The maximum Gasteiger partial charge on any atom is 0.227 e. The van der Waals surface area contributed by atoms with Crippen molar-refractivity contribution in [1.82, 2.24) is 29.6 Å². The number of nitrogens with zero attached hydrogens (tertiary/aromatic N) is 5. The molecule has 27 heavy (non-hydrogen) atoms. The second kappa shape index (κ2) is 7.22. The molecule has 0 bridgehead atoms. The Balaban J connectivity index is 1.46. The summed E-state index contributed by atoms with van der Waals surface area (Å²) in [6.45, 7) is 3.76. The number of nitrogens with one attached hydrogen (secondary N) is 1. The maximum atomic E-state index is 12.8. The highest BCUT2D eigenvalue weighted by atomic mass is 16.5. The van der Waals surface area contributed by atoms with Gasteiger partial charge in [-0.1, -0.05) is 6.92 Å². The second-order valence-corrected chi connectivity index (χ2v) is 6.74. The summed E-state index contributed by atoms with van der Waals surface area (Å²) >= 11 is 0. The lowest BCUT2D eigenvalue weighted by Crippen LogP contribution is -2.40. The Labute approximate surface area is 157 Å². The number of carbonyl (C=O) groups is 1. The average Bonchev–Trinajstić information content (AvgIpc) is 3.36. The number of H-pyrrole nitrogens is 1. The molecule has 1 atom stereocenters. The lowest BCUT2D eigenvalue weighted by molar-refractivity contribution is -0.136. The quantitative estimate of drug-likeness (QED) is 0.745. The number of fused-ring (bicyclic) bond motifs is 1. The number of carbonyl (C=O) groups excluding carboxylic acids is 1. The fraction of sp³-hybridized carbons (Fsp3) is 0.368. The number of rotatable bonds is 5. The van der Waals surface area contributed by atoms with E-state index in [2.05, 4.69) is 20.1 Å². The molecular weight excluding hydrogens is 344 g/mol. The van der Waals surface area contributed by atoms with E-state index < -0.39 is 0 Å². The molecule has 1 unspecified atom stereocenters. The summed E-state index contributed by atoms with van der Waals surface area (Å²) in [5.74, 6) is 1.35. The number of pyridine rings is 1. The van der Waals surface area contributed by atoms with Gasteiger partial charge in [0.2, 0.25) is 11.8 Å². The van der Waals surface area contributed by atoms with Crippen LogP contribution in [0, 0.1) is 5.92 Å². The van der Waals surface area contributed by atoms with Crippen molar-refractivity contribution in [2.24, 2.45) is 5.92 Å². The van der Waals surface area contributed by atoms with Crippen LogP contribution < -0.4 is 4.74 Å². The van der Waals surface area contributed by atoms with Gasteiger partial charge in [0.1, 0.15) is 5.82 Å². The first kappa shape index (κ1) is 17.3. The number of aromatic amines is 1. The van der Waals surface area contributed by atoms with Crippen molar-refractivity contribution in [3.05, 3.63) is 48.2 Å². The number of hydrogen-bond donors (Lipinski definition) is 1. The number of methoxy groups -OCH3 is 1. The Hall–Kier alpha value is -3.16. The van der Waals surface area contributed by atoms with Gasteiger partial charge in [-0.05, 0) is 12.1 Å². The van der Waals surface area contributed by atoms with Gasteiger partial charge >= 0.3 is 0 Å². The first-order chi connectivity index (χ1) is 13.1. The third kappa shape index (κ3) is 3.55. The van der Waals surface area contributed by atoms with Crippen molar-refractivity contribution in [1.29, 1.82) is 0 Å². The molecule has 8 nitrogen and oxygen atoms in total. The highest BCUT2D eigenvalue weighted by Crippen LogP contribution is 2.24. The standard InChI is InChI=1S/C19H22N6O2/c1-13(11-25-8-3-7-21-25)19(26)24-9-6-15-16(12-24)23-18(22-15)14-4-5-17(27-2)20-10-14/h3-5,7-8,10,13H,6,9,11-12H2,1-2H3,(H,22,23). The minimum atomic E-state index is -0.125. The number of imidazole rings is 1. The molecule has 0 aliphatic carbocycles. The van der Waals surface area contributed by atoms with E-state index in [-0.39, 0.29) is 11.8 Å². The van der Waals surface area contributed by atoms with Gasteiger partial charge in [-0.25, -0.2) is 9.97 Å². The van der Waals surface area contributed by atoms with E-state index in [0.717, 1.165) is 29.2 Å². The van der Waals surface area contributed by atoms with Crippen LogP contribution in [0.15, 0.2) is 36.8 Å². The highest BCUT2D eigenvalue weighted by molar-refractivity contribution is 5.78. The van der Waals surface area contributed by atoms with E-state index in [1.165, 1.54) is 0 Å². The topological polar surface area (TPSA) is 88.9 Å². The molecule has 3 aromatic heterocycles. The largest absolute Gasteiger partial charge is 0.481 e. The number of aromatic nitrogens is 5. The fourth-order valence-electron chi connectivity index (χ4n) is 3.34. The summed E-state index contributed by atoms with van der Waals surface area (Å²) in [6, 6.07) is 5.60. The molecule has 1 N–H and O–H groups in total. The summed E-state index contributed by atoms with van der Waals surface area (Å²) in [4.78, 5) is 27.0. The van der Waals surface area contributed by atoms with Crippen LogP contribution in [0.3, 0.4) is 0 Å². The van der Waals surface area contributed by atoms with Gasteiger partial charge in [0.05, 0.1) is 37.5 Å². The smallest absolute Gasteiger partial charge is 0.227 e. The van der Waals surface area contributed by atoms with Gasteiger partial charge in [0.15, 0.2) is 0 Å². The molecule has 4 rings (SSSR count). The Morgan fingerprint density at radius 1 is 1.41 bits per heavy atom. The predicted octanol–water partition coefficient (Wildman–Crippen LogP) is 1.90. The van der Waals surface area contributed by atoms with Crippen LogP contribution in [0.5, 0.6) is 5.88 Å². The van der Waals surface area contributed by atoms with Crippen LogP contribution >= 0.6 is 0 Å². The summed E-state index contributed by atoms with van der Waals surface area (Å²) in [5, 5.41) is 4.18. The van der Waals surface area contributed by atoms with Crippen molar-refractivity contribution >= 4 is 5.91 Å². The first-order valence-electron chi connectivity index (χ1n) is 8.98. The van der Waals surface area contributed by atoms with E-state index in [0.29, 0.717) is 25.5 Å². The zero-order valence-electron chi connectivity index (χ0n) is 15.4. The summed E-state index contributed by atoms with van der Waals surface area (Å²) in [7, 11) is 1.59. The molecule has 0 spiro atoms. The van der Waals surface area contributed by atoms with Gasteiger partial charge in [-0.2, -0.15) is 5.10 Å². The Morgan fingerprint density at radius 2 is 2.30 bits per heavy atom. The maximum absolute atomic E-state index is 12.8. The van der Waals surface area contributed by atoms with Gasteiger partial charge in [-0.3, -0.25) is 9.48 Å².